The average Bonchev–Trinajstić information content (AvgIpc) is 2.02. The molecule has 1 N–H and O–H groups in total. The zero-order valence-corrected chi connectivity index (χ0v) is 7.45. The lowest BCUT2D eigenvalue weighted by Crippen LogP contribution is -1.94. The Morgan fingerprint density at radius 2 is 2.00 bits per heavy atom. The summed E-state index contributed by atoms with van der Waals surface area (Å²) >= 11 is 0. The van der Waals surface area contributed by atoms with Crippen LogP contribution in [-0.2, 0) is 4.79 Å². The first-order valence-corrected chi connectivity index (χ1v) is 3.87. The van der Waals surface area contributed by atoms with Gasteiger partial charge < -0.3 is 5.11 Å². The highest BCUT2D eigenvalue weighted by molar-refractivity contribution is 5.70. The summed E-state index contributed by atoms with van der Waals surface area (Å²) in [6.07, 6.45) is 9.28. The van der Waals surface area contributed by atoms with Crippen LogP contribution in [0.5, 0.6) is 0 Å². The third kappa shape index (κ3) is 5.47. The monoisotopic (exact) mass is 166 g/mol. The van der Waals surface area contributed by atoms with E-state index >= 15 is 0 Å². The Morgan fingerprint density at radius 1 is 1.33 bits per heavy atom. The van der Waals surface area contributed by atoms with Crippen molar-refractivity contribution in [3.05, 3.63) is 36.0 Å². The molecule has 66 valence electrons. The van der Waals surface area contributed by atoms with Crippen LogP contribution in [0.1, 0.15) is 20.3 Å². The Balaban J connectivity index is 4.10. The first-order chi connectivity index (χ1) is 5.70. The van der Waals surface area contributed by atoms with E-state index in [0.29, 0.717) is 0 Å². The van der Waals surface area contributed by atoms with Gasteiger partial charge in [-0.1, -0.05) is 30.4 Å². The number of allylic oxidation sites excluding steroid dienone is 5. The van der Waals surface area contributed by atoms with Crippen molar-refractivity contribution in [2.45, 2.75) is 20.3 Å². The number of rotatable bonds is 4. The molecule has 0 saturated carbocycles. The van der Waals surface area contributed by atoms with Crippen LogP contribution in [-0.4, -0.2) is 11.1 Å². The molecule has 0 aliphatic rings. The quantitative estimate of drug-likeness (QED) is 0.651. The topological polar surface area (TPSA) is 37.3 Å². The molecule has 0 rings (SSSR count). The molecule has 0 unspecified atom stereocenters. The fourth-order valence-corrected chi connectivity index (χ4v) is 0.722. The van der Waals surface area contributed by atoms with Gasteiger partial charge in [-0.2, -0.15) is 0 Å². The number of hydrogen-bond donors (Lipinski definition) is 1. The van der Waals surface area contributed by atoms with Crippen molar-refractivity contribution in [3.8, 4) is 0 Å². The van der Waals surface area contributed by atoms with Crippen LogP contribution in [0, 0.1) is 0 Å². The van der Waals surface area contributed by atoms with Crippen LogP contribution in [0.25, 0.3) is 0 Å². The molecule has 0 aliphatic carbocycles. The minimum Gasteiger partial charge on any atom is -0.481 e. The van der Waals surface area contributed by atoms with E-state index in [-0.39, 0.29) is 6.42 Å². The van der Waals surface area contributed by atoms with Gasteiger partial charge in [0.25, 0.3) is 0 Å². The summed E-state index contributed by atoms with van der Waals surface area (Å²) in [5.41, 5.74) is 0.820. The van der Waals surface area contributed by atoms with Gasteiger partial charge >= 0.3 is 5.97 Å². The SMILES string of the molecule is C\C=C/C=C\C(=C/C)CC(=O)O. The van der Waals surface area contributed by atoms with E-state index in [4.69, 9.17) is 5.11 Å². The predicted molar refractivity (Wildman–Crippen MR) is 50.0 cm³/mol. The summed E-state index contributed by atoms with van der Waals surface area (Å²) in [6, 6.07) is 0. The van der Waals surface area contributed by atoms with Crippen molar-refractivity contribution in [3.63, 3.8) is 0 Å². The molecule has 0 bridgehead atoms. The van der Waals surface area contributed by atoms with E-state index in [0.717, 1.165) is 5.57 Å². The molecule has 0 aliphatic heterocycles. The summed E-state index contributed by atoms with van der Waals surface area (Å²) in [7, 11) is 0. The van der Waals surface area contributed by atoms with Crippen LogP contribution >= 0.6 is 0 Å². The lowest BCUT2D eigenvalue weighted by atomic mass is 10.1. The lowest BCUT2D eigenvalue weighted by Gasteiger charge is -1.93. The van der Waals surface area contributed by atoms with Gasteiger partial charge in [0.15, 0.2) is 0 Å². The Bertz CT molecular complexity index is 222. The molecule has 0 aromatic heterocycles. The molecule has 0 spiro atoms. The van der Waals surface area contributed by atoms with E-state index in [9.17, 15) is 4.79 Å². The zero-order valence-electron chi connectivity index (χ0n) is 7.45. The molecule has 0 radical (unpaired) electrons. The summed E-state index contributed by atoms with van der Waals surface area (Å²) in [6.45, 7) is 3.75. The van der Waals surface area contributed by atoms with Gasteiger partial charge in [-0.3, -0.25) is 4.79 Å². The molecule has 12 heavy (non-hydrogen) atoms. The maximum atomic E-state index is 10.3. The lowest BCUT2D eigenvalue weighted by molar-refractivity contribution is -0.136. The van der Waals surface area contributed by atoms with Crippen LogP contribution in [0.15, 0.2) is 36.0 Å². The second-order valence-electron chi connectivity index (χ2n) is 2.32. The normalized spacial score (nSPS) is 13.0. The summed E-state index contributed by atoms with van der Waals surface area (Å²) in [5.74, 6) is -0.798. The van der Waals surface area contributed by atoms with E-state index < -0.39 is 5.97 Å². The van der Waals surface area contributed by atoms with Gasteiger partial charge in [-0.25, -0.2) is 0 Å². The van der Waals surface area contributed by atoms with Crippen molar-refractivity contribution >= 4 is 5.97 Å². The van der Waals surface area contributed by atoms with Gasteiger partial charge in [0.1, 0.15) is 0 Å². The number of carbonyl (C=O) groups is 1. The first kappa shape index (κ1) is 10.7. The Hall–Kier alpha value is -1.31. The van der Waals surface area contributed by atoms with Gasteiger partial charge in [-0.15, -0.1) is 0 Å². The highest BCUT2D eigenvalue weighted by atomic mass is 16.4. The molecule has 0 aromatic carbocycles. The van der Waals surface area contributed by atoms with Crippen LogP contribution in [0.4, 0.5) is 0 Å². The van der Waals surface area contributed by atoms with Gasteiger partial charge in [0.2, 0.25) is 0 Å². The molecular formula is C10H14O2. The van der Waals surface area contributed by atoms with Crippen molar-refractivity contribution in [2.75, 3.05) is 0 Å². The summed E-state index contributed by atoms with van der Waals surface area (Å²) in [4.78, 5) is 10.3. The van der Waals surface area contributed by atoms with Crippen molar-refractivity contribution < 1.29 is 9.90 Å². The van der Waals surface area contributed by atoms with Gasteiger partial charge in [-0.05, 0) is 19.4 Å². The largest absolute Gasteiger partial charge is 0.481 e. The van der Waals surface area contributed by atoms with E-state index in [1.165, 1.54) is 0 Å². The Morgan fingerprint density at radius 3 is 2.42 bits per heavy atom. The third-order valence-electron chi connectivity index (χ3n) is 1.34. The minimum absolute atomic E-state index is 0.0879. The van der Waals surface area contributed by atoms with Gasteiger partial charge in [0, 0.05) is 0 Å². The minimum atomic E-state index is -0.798. The third-order valence-corrected chi connectivity index (χ3v) is 1.34. The van der Waals surface area contributed by atoms with E-state index in [1.54, 1.807) is 12.2 Å². The molecule has 0 aromatic rings. The average molecular weight is 166 g/mol. The smallest absolute Gasteiger partial charge is 0.307 e. The number of aliphatic carboxylic acids is 1. The zero-order chi connectivity index (χ0) is 9.40. The number of carboxylic acids is 1. The van der Waals surface area contributed by atoms with E-state index in [2.05, 4.69) is 0 Å². The van der Waals surface area contributed by atoms with Crippen LogP contribution in [0.2, 0.25) is 0 Å². The molecular weight excluding hydrogens is 152 g/mol. The molecule has 0 saturated heterocycles. The standard InChI is InChI=1S/C10H14O2/c1-3-5-6-7-9(4-2)8-10(11)12/h3-7H,8H2,1-2H3,(H,11,12)/b5-3-,7-6-,9-4+. The van der Waals surface area contributed by atoms with Crippen LogP contribution < -0.4 is 0 Å². The summed E-state index contributed by atoms with van der Waals surface area (Å²) < 4.78 is 0. The Labute approximate surface area is 72.9 Å². The first-order valence-electron chi connectivity index (χ1n) is 3.87. The number of carboxylic acid groups (broad SMARTS) is 1. The van der Waals surface area contributed by atoms with Crippen molar-refractivity contribution in [1.29, 1.82) is 0 Å². The maximum absolute atomic E-state index is 10.3. The molecule has 0 fully saturated rings. The van der Waals surface area contributed by atoms with Crippen molar-refractivity contribution in [1.82, 2.24) is 0 Å². The molecule has 2 nitrogen and oxygen atoms in total. The second kappa shape index (κ2) is 6.40. The highest BCUT2D eigenvalue weighted by Crippen LogP contribution is 2.02. The molecule has 0 amide bonds. The van der Waals surface area contributed by atoms with Crippen LogP contribution in [0.3, 0.4) is 0 Å². The fraction of sp³-hybridized carbons (Fsp3) is 0.300. The maximum Gasteiger partial charge on any atom is 0.307 e. The van der Waals surface area contributed by atoms with Gasteiger partial charge in [0.05, 0.1) is 6.42 Å². The second-order valence-corrected chi connectivity index (χ2v) is 2.32. The molecule has 2 heteroatoms. The number of hydrogen-bond acceptors (Lipinski definition) is 1. The van der Waals surface area contributed by atoms with E-state index in [1.807, 2.05) is 32.1 Å². The molecule has 0 heterocycles. The fourth-order valence-electron chi connectivity index (χ4n) is 0.722. The molecule has 0 atom stereocenters. The predicted octanol–water partition coefficient (Wildman–Crippen LogP) is 2.54. The van der Waals surface area contributed by atoms with Crippen molar-refractivity contribution in [2.24, 2.45) is 0 Å². The summed E-state index contributed by atoms with van der Waals surface area (Å²) in [5, 5.41) is 8.48. The Kier molecular flexibility index (Phi) is 5.70. The highest BCUT2D eigenvalue weighted by Gasteiger charge is 1.97.